The average molecular weight is 253 g/mol. The van der Waals surface area contributed by atoms with E-state index in [0.29, 0.717) is 6.54 Å². The van der Waals surface area contributed by atoms with Crippen molar-refractivity contribution in [2.75, 3.05) is 6.54 Å². The molecule has 98 valence electrons. The molecule has 1 N–H and O–H groups in total. The van der Waals surface area contributed by atoms with Crippen molar-refractivity contribution in [3.05, 3.63) is 71.8 Å². The highest BCUT2D eigenvalue weighted by molar-refractivity contribution is 5.73. The summed E-state index contributed by atoms with van der Waals surface area (Å²) in [5.41, 5.74) is 2.19. The minimum atomic E-state index is -0.214. The second-order valence-electron chi connectivity index (χ2n) is 4.97. The summed E-state index contributed by atoms with van der Waals surface area (Å²) in [4.78, 5) is 11.2. The molecule has 0 atom stereocenters. The van der Waals surface area contributed by atoms with Crippen molar-refractivity contribution < 1.29 is 4.79 Å². The molecule has 2 aromatic carbocycles. The Labute approximate surface area is 114 Å². The summed E-state index contributed by atoms with van der Waals surface area (Å²) < 4.78 is 0. The van der Waals surface area contributed by atoms with Gasteiger partial charge in [-0.1, -0.05) is 60.7 Å². The average Bonchev–Trinajstić information content (AvgIpc) is 2.46. The van der Waals surface area contributed by atoms with Gasteiger partial charge in [0.25, 0.3) is 0 Å². The fourth-order valence-electron chi connectivity index (χ4n) is 2.28. The van der Waals surface area contributed by atoms with Gasteiger partial charge in [-0.15, -0.1) is 0 Å². The molecule has 2 aromatic rings. The second kappa shape index (κ2) is 5.70. The van der Waals surface area contributed by atoms with E-state index in [0.717, 1.165) is 0 Å². The Bertz CT molecular complexity index is 494. The second-order valence-corrected chi connectivity index (χ2v) is 4.97. The van der Waals surface area contributed by atoms with Gasteiger partial charge in [0.15, 0.2) is 0 Å². The van der Waals surface area contributed by atoms with Crippen LogP contribution >= 0.6 is 0 Å². The molecule has 0 radical (unpaired) electrons. The van der Waals surface area contributed by atoms with E-state index in [9.17, 15) is 4.79 Å². The molecule has 0 heterocycles. The Morgan fingerprint density at radius 1 is 0.947 bits per heavy atom. The van der Waals surface area contributed by atoms with Gasteiger partial charge >= 0.3 is 0 Å². The molecule has 0 bridgehead atoms. The summed E-state index contributed by atoms with van der Waals surface area (Å²) in [6.45, 7) is 4.31. The molecule has 19 heavy (non-hydrogen) atoms. The smallest absolute Gasteiger partial charge is 0.216 e. The maximum Gasteiger partial charge on any atom is 0.216 e. The Kier molecular flexibility index (Phi) is 4.00. The number of rotatable bonds is 4. The molecule has 0 aromatic heterocycles. The van der Waals surface area contributed by atoms with Crippen LogP contribution in [0.25, 0.3) is 0 Å². The fraction of sp³-hybridized carbons (Fsp3) is 0.235. The number of benzene rings is 2. The van der Waals surface area contributed by atoms with Gasteiger partial charge < -0.3 is 5.32 Å². The summed E-state index contributed by atoms with van der Waals surface area (Å²) in [6, 6.07) is 20.6. The quantitative estimate of drug-likeness (QED) is 0.891. The Balaban J connectivity index is 2.41. The number of nitrogens with one attached hydrogen (secondary N) is 1. The zero-order chi connectivity index (χ0) is 13.7. The lowest BCUT2D eigenvalue weighted by Gasteiger charge is -2.31. The van der Waals surface area contributed by atoms with Crippen molar-refractivity contribution in [2.45, 2.75) is 19.3 Å². The Hall–Kier alpha value is -2.09. The van der Waals surface area contributed by atoms with E-state index < -0.39 is 0 Å². The molecule has 0 aliphatic carbocycles. The van der Waals surface area contributed by atoms with Gasteiger partial charge in [0.1, 0.15) is 0 Å². The van der Waals surface area contributed by atoms with E-state index in [1.54, 1.807) is 6.92 Å². The maximum absolute atomic E-state index is 11.2. The van der Waals surface area contributed by atoms with Crippen LogP contribution in [0.4, 0.5) is 0 Å². The SMILES string of the molecule is CC(=O)NCC(C)(c1ccccc1)c1ccccc1. The summed E-state index contributed by atoms with van der Waals surface area (Å²) in [7, 11) is 0. The zero-order valence-electron chi connectivity index (χ0n) is 11.4. The van der Waals surface area contributed by atoms with Crippen LogP contribution in [0, 0.1) is 0 Å². The first-order valence-corrected chi connectivity index (χ1v) is 6.48. The fourth-order valence-corrected chi connectivity index (χ4v) is 2.28. The summed E-state index contributed by atoms with van der Waals surface area (Å²) in [6.07, 6.45) is 0. The van der Waals surface area contributed by atoms with E-state index in [4.69, 9.17) is 0 Å². The van der Waals surface area contributed by atoms with Crippen LogP contribution in [0.5, 0.6) is 0 Å². The lowest BCUT2D eigenvalue weighted by molar-refractivity contribution is -0.119. The standard InChI is InChI=1S/C17H19NO/c1-14(19)18-13-17(2,15-9-5-3-6-10-15)16-11-7-4-8-12-16/h3-12H,13H2,1-2H3,(H,18,19). The van der Waals surface area contributed by atoms with Crippen LogP contribution < -0.4 is 5.32 Å². The third-order valence-corrected chi connectivity index (χ3v) is 3.51. The van der Waals surface area contributed by atoms with Crippen molar-refractivity contribution in [2.24, 2.45) is 0 Å². The van der Waals surface area contributed by atoms with Gasteiger partial charge in [-0.05, 0) is 18.1 Å². The third-order valence-electron chi connectivity index (χ3n) is 3.51. The van der Waals surface area contributed by atoms with Gasteiger partial charge in [-0.3, -0.25) is 4.79 Å². The molecule has 2 heteroatoms. The number of carbonyl (C=O) groups is 1. The molecule has 0 unspecified atom stereocenters. The molecular weight excluding hydrogens is 234 g/mol. The first-order valence-electron chi connectivity index (χ1n) is 6.48. The first-order chi connectivity index (χ1) is 9.13. The van der Waals surface area contributed by atoms with Crippen molar-refractivity contribution in [3.63, 3.8) is 0 Å². The predicted octanol–water partition coefficient (Wildman–Crippen LogP) is 3.13. The molecule has 0 aliphatic heterocycles. The molecule has 0 fully saturated rings. The maximum atomic E-state index is 11.2. The predicted molar refractivity (Wildman–Crippen MR) is 78.0 cm³/mol. The first kappa shape index (κ1) is 13.3. The van der Waals surface area contributed by atoms with E-state index >= 15 is 0 Å². The monoisotopic (exact) mass is 253 g/mol. The van der Waals surface area contributed by atoms with E-state index in [1.807, 2.05) is 36.4 Å². The molecule has 0 saturated heterocycles. The molecule has 1 amide bonds. The van der Waals surface area contributed by atoms with Crippen LogP contribution in [0.2, 0.25) is 0 Å². The lowest BCUT2D eigenvalue weighted by Crippen LogP contribution is -2.38. The molecular formula is C17H19NO. The highest BCUT2D eigenvalue weighted by Crippen LogP contribution is 2.31. The van der Waals surface area contributed by atoms with E-state index in [2.05, 4.69) is 36.5 Å². The van der Waals surface area contributed by atoms with Crippen LogP contribution in [0.15, 0.2) is 60.7 Å². The minimum Gasteiger partial charge on any atom is -0.355 e. The molecule has 2 nitrogen and oxygen atoms in total. The van der Waals surface area contributed by atoms with Gasteiger partial charge in [0, 0.05) is 18.9 Å². The topological polar surface area (TPSA) is 29.1 Å². The summed E-state index contributed by atoms with van der Waals surface area (Å²) in [5.74, 6) is -0.00177. The number of amides is 1. The zero-order valence-corrected chi connectivity index (χ0v) is 11.4. The third kappa shape index (κ3) is 3.02. The van der Waals surface area contributed by atoms with Crippen molar-refractivity contribution in [3.8, 4) is 0 Å². The van der Waals surface area contributed by atoms with E-state index in [1.165, 1.54) is 11.1 Å². The van der Waals surface area contributed by atoms with Crippen molar-refractivity contribution in [1.29, 1.82) is 0 Å². The van der Waals surface area contributed by atoms with Crippen LogP contribution in [0.1, 0.15) is 25.0 Å². The number of hydrogen-bond acceptors (Lipinski definition) is 1. The summed E-state index contributed by atoms with van der Waals surface area (Å²) in [5, 5.41) is 2.94. The molecule has 0 aliphatic rings. The molecule has 0 spiro atoms. The molecule has 0 saturated carbocycles. The van der Waals surface area contributed by atoms with Crippen molar-refractivity contribution >= 4 is 5.91 Å². The van der Waals surface area contributed by atoms with Crippen LogP contribution in [0.3, 0.4) is 0 Å². The Morgan fingerprint density at radius 2 is 1.37 bits per heavy atom. The highest BCUT2D eigenvalue weighted by Gasteiger charge is 2.28. The number of carbonyl (C=O) groups excluding carboxylic acids is 1. The van der Waals surface area contributed by atoms with Gasteiger partial charge in [0.2, 0.25) is 5.91 Å². The van der Waals surface area contributed by atoms with Gasteiger partial charge in [-0.25, -0.2) is 0 Å². The Morgan fingerprint density at radius 3 is 1.74 bits per heavy atom. The highest BCUT2D eigenvalue weighted by atomic mass is 16.1. The number of hydrogen-bond donors (Lipinski definition) is 1. The normalized spacial score (nSPS) is 11.1. The van der Waals surface area contributed by atoms with Gasteiger partial charge in [-0.2, -0.15) is 0 Å². The largest absolute Gasteiger partial charge is 0.355 e. The van der Waals surface area contributed by atoms with E-state index in [-0.39, 0.29) is 11.3 Å². The van der Waals surface area contributed by atoms with Crippen LogP contribution in [-0.2, 0) is 10.2 Å². The van der Waals surface area contributed by atoms with Gasteiger partial charge in [0.05, 0.1) is 0 Å². The minimum absolute atomic E-state index is 0.00177. The molecule has 2 rings (SSSR count). The lowest BCUT2D eigenvalue weighted by atomic mass is 9.76. The van der Waals surface area contributed by atoms with Crippen molar-refractivity contribution in [1.82, 2.24) is 5.32 Å². The van der Waals surface area contributed by atoms with Crippen LogP contribution in [-0.4, -0.2) is 12.5 Å². The summed E-state index contributed by atoms with van der Waals surface area (Å²) >= 11 is 0.